The minimum atomic E-state index is -1.22. The van der Waals surface area contributed by atoms with Gasteiger partial charge in [-0.05, 0) is 71.4 Å². The molecule has 8 atom stereocenters. The molecule has 14 heteroatoms. The molecule has 0 spiro atoms. The molecular formula is C40H55NO13. The van der Waals surface area contributed by atoms with Gasteiger partial charge in [0.25, 0.3) is 0 Å². The summed E-state index contributed by atoms with van der Waals surface area (Å²) in [5.41, 5.74) is 0.996. The van der Waals surface area contributed by atoms with Gasteiger partial charge in [0.1, 0.15) is 18.3 Å². The smallest absolute Gasteiger partial charge is 0.347 e. The molecule has 1 amide bonds. The highest BCUT2D eigenvalue weighted by Crippen LogP contribution is 2.41. The molecule has 2 rings (SSSR count). The number of benzene rings is 1. The Kier molecular flexibility index (Phi) is 19.7. The van der Waals surface area contributed by atoms with Crippen molar-refractivity contribution in [2.45, 2.75) is 130 Å². The number of amides is 1. The Morgan fingerprint density at radius 1 is 0.759 bits per heavy atom. The van der Waals surface area contributed by atoms with Crippen molar-refractivity contribution < 1.29 is 62.0 Å². The van der Waals surface area contributed by atoms with Gasteiger partial charge < -0.3 is 33.7 Å². The van der Waals surface area contributed by atoms with E-state index in [0.29, 0.717) is 45.1 Å². The highest BCUT2D eigenvalue weighted by atomic mass is 16.6. The monoisotopic (exact) mass is 757 g/mol. The van der Waals surface area contributed by atoms with Crippen LogP contribution in [0.15, 0.2) is 54.6 Å². The standard InChI is InChI=1S/C40H55NO13/c1-8-41-37(45)19-15-10-9-14-18-33-34(23-22-32(21-20-31-16-12-11-13-17-31)52-38(46)25(2)49-28(5)42)36(54-40(48)27(4)51-30(7)44)24-35(33)53-39(47)26(3)50-29(6)43/h9,11-14,16-17,22-23,25-27,32-36H,8,10,15,18-21,24H2,1-7H3,(H,41,45)/b14-9-,23-22+/t25?,26?,27?,32-,33+,34+,35-,36+/m0/s1. The van der Waals surface area contributed by atoms with Crippen molar-refractivity contribution in [3.63, 3.8) is 0 Å². The molecule has 0 aromatic heterocycles. The van der Waals surface area contributed by atoms with Gasteiger partial charge in [-0.1, -0.05) is 48.6 Å². The van der Waals surface area contributed by atoms with Gasteiger partial charge in [0.15, 0.2) is 18.3 Å². The first kappa shape index (κ1) is 45.1. The lowest BCUT2D eigenvalue weighted by Gasteiger charge is -2.25. The van der Waals surface area contributed by atoms with Crippen LogP contribution in [0, 0.1) is 11.8 Å². The number of rotatable bonds is 21. The van der Waals surface area contributed by atoms with E-state index in [2.05, 4.69) is 5.32 Å². The lowest BCUT2D eigenvalue weighted by molar-refractivity contribution is -0.172. The molecule has 1 fully saturated rings. The molecule has 298 valence electrons. The van der Waals surface area contributed by atoms with Gasteiger partial charge in [0, 0.05) is 52.0 Å². The summed E-state index contributed by atoms with van der Waals surface area (Å²) in [6, 6.07) is 9.56. The zero-order valence-corrected chi connectivity index (χ0v) is 32.3. The van der Waals surface area contributed by atoms with Gasteiger partial charge in [0.2, 0.25) is 5.91 Å². The summed E-state index contributed by atoms with van der Waals surface area (Å²) >= 11 is 0. The van der Waals surface area contributed by atoms with E-state index in [4.69, 9.17) is 28.4 Å². The number of hydrogen-bond acceptors (Lipinski definition) is 13. The second-order valence-corrected chi connectivity index (χ2v) is 13.1. The molecule has 0 bridgehead atoms. The Morgan fingerprint density at radius 2 is 1.31 bits per heavy atom. The van der Waals surface area contributed by atoms with Crippen LogP contribution in [0.4, 0.5) is 0 Å². The summed E-state index contributed by atoms with van der Waals surface area (Å²) in [4.78, 5) is 85.8. The number of ether oxygens (including phenoxy) is 6. The third kappa shape index (κ3) is 16.8. The van der Waals surface area contributed by atoms with Gasteiger partial charge in [0.05, 0.1) is 0 Å². The van der Waals surface area contributed by atoms with Crippen LogP contribution in [0.2, 0.25) is 0 Å². The molecule has 0 saturated heterocycles. The molecule has 1 saturated carbocycles. The van der Waals surface area contributed by atoms with Crippen molar-refractivity contribution in [1.82, 2.24) is 5.32 Å². The quantitative estimate of drug-likeness (QED) is 0.0791. The lowest BCUT2D eigenvalue weighted by Crippen LogP contribution is -2.32. The zero-order valence-electron chi connectivity index (χ0n) is 32.3. The van der Waals surface area contributed by atoms with Crippen molar-refractivity contribution >= 4 is 41.7 Å². The van der Waals surface area contributed by atoms with E-state index in [1.165, 1.54) is 41.5 Å². The summed E-state index contributed by atoms with van der Waals surface area (Å²) in [6.07, 6.45) is 4.05. The minimum Gasteiger partial charge on any atom is -0.459 e. The summed E-state index contributed by atoms with van der Waals surface area (Å²) in [7, 11) is 0. The Hall–Kier alpha value is -5.01. The summed E-state index contributed by atoms with van der Waals surface area (Å²) in [5.74, 6) is -5.46. The lowest BCUT2D eigenvalue weighted by atomic mass is 9.89. The fourth-order valence-corrected chi connectivity index (χ4v) is 5.99. The topological polar surface area (TPSA) is 187 Å². The Labute approximate surface area is 317 Å². The van der Waals surface area contributed by atoms with Gasteiger partial charge in [-0.25, -0.2) is 14.4 Å². The van der Waals surface area contributed by atoms with Gasteiger partial charge in [-0.15, -0.1) is 0 Å². The maximum atomic E-state index is 13.1. The minimum absolute atomic E-state index is 0.0434. The molecule has 3 unspecified atom stereocenters. The summed E-state index contributed by atoms with van der Waals surface area (Å²) in [6.45, 7) is 10.1. The SMILES string of the molecule is CCNC(=O)CCC/C=C\C[C@@H]1[C@@H](/C=C/[C@H](CCc2ccccc2)OC(=O)C(C)OC(C)=O)[C@H](OC(=O)C(C)OC(C)=O)C[C@@H]1OC(=O)C(C)OC(C)=O. The fourth-order valence-electron chi connectivity index (χ4n) is 5.99. The molecule has 14 nitrogen and oxygen atoms in total. The molecule has 1 N–H and O–H groups in total. The molecule has 1 aromatic carbocycles. The number of allylic oxidation sites excluding steroid dienone is 2. The highest BCUT2D eigenvalue weighted by Gasteiger charge is 2.46. The number of esters is 6. The van der Waals surface area contributed by atoms with Gasteiger partial charge >= 0.3 is 35.8 Å². The van der Waals surface area contributed by atoms with Crippen LogP contribution in [0.5, 0.6) is 0 Å². The van der Waals surface area contributed by atoms with E-state index in [9.17, 15) is 33.6 Å². The maximum Gasteiger partial charge on any atom is 0.347 e. The van der Waals surface area contributed by atoms with Crippen LogP contribution in [0.3, 0.4) is 0 Å². The highest BCUT2D eigenvalue weighted by molar-refractivity contribution is 5.80. The number of carbonyl (C=O) groups excluding carboxylic acids is 7. The van der Waals surface area contributed by atoms with Gasteiger partial charge in [-0.2, -0.15) is 0 Å². The Balaban J connectivity index is 2.49. The van der Waals surface area contributed by atoms with Crippen LogP contribution in [-0.2, 0) is 68.4 Å². The second kappa shape index (κ2) is 23.6. The van der Waals surface area contributed by atoms with Gasteiger partial charge in [-0.3, -0.25) is 19.2 Å². The number of aryl methyl sites for hydroxylation is 1. The second-order valence-electron chi connectivity index (χ2n) is 13.1. The van der Waals surface area contributed by atoms with E-state index >= 15 is 0 Å². The third-order valence-electron chi connectivity index (χ3n) is 8.52. The van der Waals surface area contributed by atoms with Crippen molar-refractivity contribution in [2.75, 3.05) is 6.54 Å². The maximum absolute atomic E-state index is 13.1. The molecule has 54 heavy (non-hydrogen) atoms. The van der Waals surface area contributed by atoms with Crippen molar-refractivity contribution in [3.05, 3.63) is 60.2 Å². The molecule has 1 aliphatic carbocycles. The average Bonchev–Trinajstić information content (AvgIpc) is 3.41. The molecule has 1 aromatic rings. The fraction of sp³-hybridized carbons (Fsp3) is 0.575. The number of carbonyl (C=O) groups is 7. The van der Waals surface area contributed by atoms with Crippen molar-refractivity contribution in [1.29, 1.82) is 0 Å². The summed E-state index contributed by atoms with van der Waals surface area (Å²) < 4.78 is 32.7. The molecule has 1 aliphatic rings. The largest absolute Gasteiger partial charge is 0.459 e. The van der Waals surface area contributed by atoms with E-state index in [0.717, 1.165) is 5.56 Å². The van der Waals surface area contributed by atoms with Crippen molar-refractivity contribution in [2.24, 2.45) is 11.8 Å². The van der Waals surface area contributed by atoms with E-state index < -0.39 is 84.3 Å². The van der Waals surface area contributed by atoms with E-state index in [-0.39, 0.29) is 12.3 Å². The normalized spacial score (nSPS) is 20.3. The Bertz CT molecular complexity index is 1470. The predicted molar refractivity (Wildman–Crippen MR) is 195 cm³/mol. The van der Waals surface area contributed by atoms with Crippen LogP contribution >= 0.6 is 0 Å². The van der Waals surface area contributed by atoms with Crippen LogP contribution in [0.25, 0.3) is 0 Å². The summed E-state index contributed by atoms with van der Waals surface area (Å²) in [5, 5.41) is 2.76. The molecular weight excluding hydrogens is 702 g/mol. The first-order valence-corrected chi connectivity index (χ1v) is 18.4. The third-order valence-corrected chi connectivity index (χ3v) is 8.52. The molecule has 0 aliphatic heterocycles. The zero-order chi connectivity index (χ0) is 40.2. The average molecular weight is 758 g/mol. The van der Waals surface area contributed by atoms with Crippen LogP contribution in [0.1, 0.15) is 92.6 Å². The first-order chi connectivity index (χ1) is 25.6. The molecule has 0 radical (unpaired) electrons. The predicted octanol–water partition coefficient (Wildman–Crippen LogP) is 4.65. The Morgan fingerprint density at radius 3 is 1.87 bits per heavy atom. The first-order valence-electron chi connectivity index (χ1n) is 18.4. The number of unbranched alkanes of at least 4 members (excludes halogenated alkanes) is 1. The van der Waals surface area contributed by atoms with E-state index in [1.807, 2.05) is 49.4 Å². The van der Waals surface area contributed by atoms with Crippen LogP contribution in [-0.4, -0.2) is 84.9 Å². The molecule has 0 heterocycles. The number of hydrogen-bond donors (Lipinski definition) is 1. The number of nitrogens with one attached hydrogen (secondary N) is 1. The van der Waals surface area contributed by atoms with Crippen molar-refractivity contribution in [3.8, 4) is 0 Å². The van der Waals surface area contributed by atoms with E-state index in [1.54, 1.807) is 12.2 Å². The van der Waals surface area contributed by atoms with Crippen LogP contribution < -0.4 is 5.32 Å².